The van der Waals surface area contributed by atoms with E-state index in [4.69, 9.17) is 51.1 Å². The molecular weight excluding hydrogens is 618 g/mol. The average molecular weight is 636 g/mol. The zero-order valence-electron chi connectivity index (χ0n) is 20.0. The number of thiophene rings is 2. The molecule has 1 fully saturated rings. The molecule has 0 unspecified atom stereocenters. The summed E-state index contributed by atoms with van der Waals surface area (Å²) in [7, 11) is 0. The largest absolute Gasteiger partial charge is 0.422 e. The summed E-state index contributed by atoms with van der Waals surface area (Å²) in [5.74, 6) is -0.163. The smallest absolute Gasteiger partial charge is 0.355 e. The average Bonchev–Trinajstić information content (AvgIpc) is 3.44. The number of ether oxygens (including phenoxy) is 1. The van der Waals surface area contributed by atoms with Crippen LogP contribution in [0.1, 0.15) is 19.3 Å². The zero-order valence-corrected chi connectivity index (χ0v) is 24.7. The molecule has 1 saturated heterocycles. The molecule has 3 aromatic carbocycles. The van der Waals surface area contributed by atoms with Crippen LogP contribution >= 0.6 is 69.1 Å². The van der Waals surface area contributed by atoms with E-state index >= 15 is 0 Å². The van der Waals surface area contributed by atoms with Crippen LogP contribution in [-0.2, 0) is 0 Å². The first-order valence-electron chi connectivity index (χ1n) is 11.9. The standard InChI is InChI=1S/C28H18Cl4N2O3S2/c29-15-1-7-19-21(13-15)38-25(23(19)31)27(35)34-11-9-33(10-12-34)17-3-5-18(6-4-17)37-28(36)26-24(32)20-8-2-16(30)14-22(20)39-26/h1-8,13-14H,9-12H2. The number of amides is 1. The minimum atomic E-state index is -0.514. The van der Waals surface area contributed by atoms with E-state index < -0.39 is 5.97 Å². The molecule has 2 aromatic heterocycles. The lowest BCUT2D eigenvalue weighted by molar-refractivity contribution is 0.0736. The second-order valence-electron chi connectivity index (χ2n) is 8.93. The molecule has 0 saturated carbocycles. The molecule has 0 spiro atoms. The van der Waals surface area contributed by atoms with E-state index in [-0.39, 0.29) is 5.91 Å². The summed E-state index contributed by atoms with van der Waals surface area (Å²) in [6.07, 6.45) is 0. The van der Waals surface area contributed by atoms with E-state index in [1.54, 1.807) is 36.4 Å². The van der Waals surface area contributed by atoms with E-state index in [1.807, 2.05) is 29.2 Å². The second kappa shape index (κ2) is 10.8. The van der Waals surface area contributed by atoms with Gasteiger partial charge in [0.1, 0.15) is 15.5 Å². The summed E-state index contributed by atoms with van der Waals surface area (Å²) in [5, 5.41) is 3.64. The molecule has 1 aliphatic rings. The summed E-state index contributed by atoms with van der Waals surface area (Å²) in [6, 6.07) is 18.1. The van der Waals surface area contributed by atoms with Gasteiger partial charge in [0.25, 0.3) is 5.91 Å². The topological polar surface area (TPSA) is 49.9 Å². The molecule has 5 aromatic rings. The number of rotatable bonds is 4. The molecule has 0 N–H and O–H groups in total. The Morgan fingerprint density at radius 3 is 1.82 bits per heavy atom. The number of esters is 1. The van der Waals surface area contributed by atoms with Gasteiger partial charge in [-0.1, -0.05) is 58.5 Å². The van der Waals surface area contributed by atoms with E-state index in [1.165, 1.54) is 22.7 Å². The van der Waals surface area contributed by atoms with Crippen molar-refractivity contribution in [2.24, 2.45) is 0 Å². The van der Waals surface area contributed by atoms with Gasteiger partial charge >= 0.3 is 5.97 Å². The van der Waals surface area contributed by atoms with E-state index in [2.05, 4.69) is 4.90 Å². The number of hydrogen-bond donors (Lipinski definition) is 0. The van der Waals surface area contributed by atoms with Crippen LogP contribution < -0.4 is 9.64 Å². The van der Waals surface area contributed by atoms with Gasteiger partial charge in [-0.25, -0.2) is 4.79 Å². The molecule has 5 nitrogen and oxygen atoms in total. The Bertz CT molecular complexity index is 1740. The van der Waals surface area contributed by atoms with E-state index in [0.29, 0.717) is 61.8 Å². The van der Waals surface area contributed by atoms with Crippen molar-refractivity contribution < 1.29 is 14.3 Å². The quantitative estimate of drug-likeness (QED) is 0.146. The lowest BCUT2D eigenvalue weighted by atomic mass is 10.2. The van der Waals surface area contributed by atoms with Crippen LogP contribution in [0, 0.1) is 0 Å². The van der Waals surface area contributed by atoms with Gasteiger partial charge in [-0.15, -0.1) is 22.7 Å². The summed E-state index contributed by atoms with van der Waals surface area (Å²) < 4.78 is 7.31. The minimum Gasteiger partial charge on any atom is -0.422 e. The molecule has 39 heavy (non-hydrogen) atoms. The predicted octanol–water partition coefficient (Wildman–Crippen LogP) is 8.91. The Morgan fingerprint density at radius 1 is 0.692 bits per heavy atom. The van der Waals surface area contributed by atoms with Crippen molar-refractivity contribution in [1.29, 1.82) is 0 Å². The van der Waals surface area contributed by atoms with Gasteiger partial charge in [-0.3, -0.25) is 4.79 Å². The van der Waals surface area contributed by atoms with Crippen molar-refractivity contribution in [2.75, 3.05) is 31.1 Å². The first-order valence-corrected chi connectivity index (χ1v) is 15.0. The highest BCUT2D eigenvalue weighted by Gasteiger charge is 2.26. The van der Waals surface area contributed by atoms with Crippen molar-refractivity contribution in [2.45, 2.75) is 0 Å². The Labute approximate surface area is 252 Å². The lowest BCUT2D eigenvalue weighted by Gasteiger charge is -2.36. The fraction of sp³-hybridized carbons (Fsp3) is 0.143. The number of benzene rings is 3. The SMILES string of the molecule is O=C(Oc1ccc(N2CCN(C(=O)c3sc4cc(Cl)ccc4c3Cl)CC2)cc1)c1sc2cc(Cl)ccc2c1Cl. The number of hydrogen-bond acceptors (Lipinski definition) is 6. The Balaban J connectivity index is 1.09. The Hall–Kier alpha value is -2.52. The maximum Gasteiger partial charge on any atom is 0.355 e. The molecule has 1 amide bonds. The van der Waals surface area contributed by atoms with Crippen molar-refractivity contribution in [3.8, 4) is 5.75 Å². The van der Waals surface area contributed by atoms with Gasteiger partial charge < -0.3 is 14.5 Å². The number of halogens is 4. The third-order valence-electron chi connectivity index (χ3n) is 6.54. The first kappa shape index (κ1) is 26.7. The summed E-state index contributed by atoms with van der Waals surface area (Å²) in [5.41, 5.74) is 0.978. The highest BCUT2D eigenvalue weighted by Crippen LogP contribution is 2.39. The number of carbonyl (C=O) groups is 2. The molecule has 0 aliphatic carbocycles. The number of nitrogens with zero attached hydrogens (tertiary/aromatic N) is 2. The Morgan fingerprint density at radius 2 is 1.23 bits per heavy atom. The van der Waals surface area contributed by atoms with Gasteiger partial charge in [0, 0.05) is 62.1 Å². The molecule has 198 valence electrons. The molecule has 0 atom stereocenters. The molecule has 0 bridgehead atoms. The first-order chi connectivity index (χ1) is 18.8. The molecule has 1 aliphatic heterocycles. The van der Waals surface area contributed by atoms with Crippen LogP contribution in [0.5, 0.6) is 5.75 Å². The van der Waals surface area contributed by atoms with Crippen LogP contribution in [0.3, 0.4) is 0 Å². The second-order valence-corrected chi connectivity index (χ2v) is 12.7. The van der Waals surface area contributed by atoms with Gasteiger partial charge in [-0.2, -0.15) is 0 Å². The van der Waals surface area contributed by atoms with Crippen molar-refractivity contribution >= 4 is 107 Å². The van der Waals surface area contributed by atoms with Gasteiger partial charge in [0.15, 0.2) is 0 Å². The zero-order chi connectivity index (χ0) is 27.3. The summed E-state index contributed by atoms with van der Waals surface area (Å²) in [6.45, 7) is 2.46. The number of anilines is 1. The van der Waals surface area contributed by atoms with Crippen molar-refractivity contribution in [1.82, 2.24) is 4.90 Å². The third kappa shape index (κ3) is 5.20. The number of fused-ring (bicyclic) bond motifs is 2. The maximum atomic E-state index is 13.2. The number of carbonyl (C=O) groups excluding carboxylic acids is 2. The van der Waals surface area contributed by atoms with Crippen LogP contribution in [0.2, 0.25) is 20.1 Å². The fourth-order valence-electron chi connectivity index (χ4n) is 4.54. The molecule has 11 heteroatoms. The molecule has 6 rings (SSSR count). The van der Waals surface area contributed by atoms with E-state index in [0.717, 1.165) is 25.9 Å². The third-order valence-corrected chi connectivity index (χ3v) is 10.3. The summed E-state index contributed by atoms with van der Waals surface area (Å²) in [4.78, 5) is 30.9. The van der Waals surface area contributed by atoms with Crippen LogP contribution in [0.25, 0.3) is 20.2 Å². The highest BCUT2D eigenvalue weighted by atomic mass is 35.5. The van der Waals surface area contributed by atoms with Crippen LogP contribution in [0.15, 0.2) is 60.7 Å². The van der Waals surface area contributed by atoms with Crippen LogP contribution in [-0.4, -0.2) is 43.0 Å². The lowest BCUT2D eigenvalue weighted by Crippen LogP contribution is -2.48. The monoisotopic (exact) mass is 634 g/mol. The maximum absolute atomic E-state index is 13.2. The fourth-order valence-corrected chi connectivity index (χ4v) is 7.95. The minimum absolute atomic E-state index is 0.0681. The molecular formula is C28H18Cl4N2O3S2. The van der Waals surface area contributed by atoms with Gasteiger partial charge in [0.2, 0.25) is 0 Å². The van der Waals surface area contributed by atoms with Gasteiger partial charge in [-0.05, 0) is 48.5 Å². The number of piperazine rings is 1. The van der Waals surface area contributed by atoms with E-state index in [9.17, 15) is 9.59 Å². The predicted molar refractivity (Wildman–Crippen MR) is 163 cm³/mol. The normalized spacial score (nSPS) is 13.8. The van der Waals surface area contributed by atoms with Crippen molar-refractivity contribution in [3.05, 3.63) is 90.5 Å². The van der Waals surface area contributed by atoms with Gasteiger partial charge in [0.05, 0.1) is 10.0 Å². The Kier molecular flexibility index (Phi) is 7.39. The highest BCUT2D eigenvalue weighted by molar-refractivity contribution is 7.22. The van der Waals surface area contributed by atoms with Crippen molar-refractivity contribution in [3.63, 3.8) is 0 Å². The summed E-state index contributed by atoms with van der Waals surface area (Å²) >= 11 is 27.7. The molecule has 0 radical (unpaired) electrons. The molecule has 3 heterocycles. The van der Waals surface area contributed by atoms with Crippen LogP contribution in [0.4, 0.5) is 5.69 Å².